The Hall–Kier alpha value is -3.67. The van der Waals surface area contributed by atoms with E-state index < -0.39 is 0 Å². The molecule has 1 aromatic carbocycles. The molecule has 1 fully saturated rings. The number of aromatic nitrogens is 5. The zero-order valence-corrected chi connectivity index (χ0v) is 17.1. The summed E-state index contributed by atoms with van der Waals surface area (Å²) in [6, 6.07) is 14.5. The molecule has 0 saturated heterocycles. The first kappa shape index (κ1) is 18.1. The Balaban J connectivity index is 1.36. The van der Waals surface area contributed by atoms with Crippen molar-refractivity contribution in [1.29, 1.82) is 0 Å². The second-order valence-electron chi connectivity index (χ2n) is 8.24. The van der Waals surface area contributed by atoms with Gasteiger partial charge in [0.25, 0.3) is 0 Å². The Morgan fingerprint density at radius 3 is 2.71 bits per heavy atom. The molecule has 0 aliphatic heterocycles. The van der Waals surface area contributed by atoms with Crippen molar-refractivity contribution in [3.63, 3.8) is 0 Å². The van der Waals surface area contributed by atoms with Crippen molar-refractivity contribution in [3.8, 4) is 28.4 Å². The first-order chi connectivity index (χ1) is 15.3. The van der Waals surface area contributed by atoms with Crippen LogP contribution in [0.5, 0.6) is 5.75 Å². The van der Waals surface area contributed by atoms with E-state index in [0.29, 0.717) is 6.10 Å². The number of rotatable bonds is 4. The third kappa shape index (κ3) is 3.44. The molecule has 0 spiro atoms. The van der Waals surface area contributed by atoms with Crippen LogP contribution in [0.2, 0.25) is 0 Å². The fourth-order valence-corrected chi connectivity index (χ4v) is 4.48. The summed E-state index contributed by atoms with van der Waals surface area (Å²) in [6.45, 7) is 0. The molecule has 6 heteroatoms. The van der Waals surface area contributed by atoms with Crippen molar-refractivity contribution >= 4 is 21.8 Å². The van der Waals surface area contributed by atoms with Gasteiger partial charge in [-0.1, -0.05) is 24.6 Å². The number of benzene rings is 1. The van der Waals surface area contributed by atoms with Crippen LogP contribution in [0.4, 0.5) is 0 Å². The minimum Gasteiger partial charge on any atom is -0.489 e. The summed E-state index contributed by atoms with van der Waals surface area (Å²) in [6.07, 6.45) is 11.8. The van der Waals surface area contributed by atoms with E-state index in [2.05, 4.69) is 49.4 Å². The van der Waals surface area contributed by atoms with Crippen molar-refractivity contribution in [2.45, 2.75) is 38.2 Å². The fraction of sp³-hybridized carbons (Fsp3) is 0.240. The van der Waals surface area contributed by atoms with Crippen molar-refractivity contribution in [3.05, 3.63) is 61.1 Å². The summed E-state index contributed by atoms with van der Waals surface area (Å²) in [5.74, 6) is 0.814. The van der Waals surface area contributed by atoms with E-state index in [0.717, 1.165) is 57.7 Å². The summed E-state index contributed by atoms with van der Waals surface area (Å²) < 4.78 is 6.20. The monoisotopic (exact) mass is 409 g/mol. The van der Waals surface area contributed by atoms with Gasteiger partial charge < -0.3 is 9.72 Å². The highest BCUT2D eigenvalue weighted by Crippen LogP contribution is 2.31. The lowest BCUT2D eigenvalue weighted by Crippen LogP contribution is -2.19. The van der Waals surface area contributed by atoms with Crippen LogP contribution >= 0.6 is 0 Å². The maximum atomic E-state index is 6.20. The zero-order chi connectivity index (χ0) is 20.6. The molecule has 4 heterocycles. The SMILES string of the molecule is c1ccc2[nH]c(-c3n[nH]c4cnc(-c5cncc(OC6CCCCC6)c5)cc34)cc2c1. The molecular formula is C25H23N5O. The highest BCUT2D eigenvalue weighted by atomic mass is 16.5. The van der Waals surface area contributed by atoms with Gasteiger partial charge in [0.2, 0.25) is 0 Å². The maximum Gasteiger partial charge on any atom is 0.138 e. The van der Waals surface area contributed by atoms with E-state index >= 15 is 0 Å². The highest BCUT2D eigenvalue weighted by Gasteiger charge is 2.16. The summed E-state index contributed by atoms with van der Waals surface area (Å²) in [7, 11) is 0. The van der Waals surface area contributed by atoms with E-state index in [1.807, 2.05) is 30.6 Å². The number of H-pyrrole nitrogens is 2. The van der Waals surface area contributed by atoms with Crippen molar-refractivity contribution in [2.24, 2.45) is 0 Å². The molecule has 0 unspecified atom stereocenters. The van der Waals surface area contributed by atoms with Crippen LogP contribution in [0.15, 0.2) is 61.1 Å². The summed E-state index contributed by atoms with van der Waals surface area (Å²) in [4.78, 5) is 12.5. The molecule has 0 radical (unpaired) electrons. The molecule has 0 amide bonds. The molecule has 0 bridgehead atoms. The Morgan fingerprint density at radius 2 is 1.81 bits per heavy atom. The number of para-hydroxylation sites is 1. The van der Waals surface area contributed by atoms with Crippen LogP contribution in [0, 0.1) is 0 Å². The van der Waals surface area contributed by atoms with Crippen LogP contribution < -0.4 is 4.74 Å². The van der Waals surface area contributed by atoms with Crippen LogP contribution in [0.25, 0.3) is 44.5 Å². The first-order valence-electron chi connectivity index (χ1n) is 10.9. The molecule has 1 aliphatic carbocycles. The van der Waals surface area contributed by atoms with Gasteiger partial charge in [-0.2, -0.15) is 5.10 Å². The number of fused-ring (bicyclic) bond motifs is 2. The normalized spacial score (nSPS) is 15.0. The predicted molar refractivity (Wildman–Crippen MR) is 122 cm³/mol. The van der Waals surface area contributed by atoms with Gasteiger partial charge in [0.15, 0.2) is 0 Å². The second-order valence-corrected chi connectivity index (χ2v) is 8.24. The minimum absolute atomic E-state index is 0.295. The van der Waals surface area contributed by atoms with Gasteiger partial charge in [0, 0.05) is 28.0 Å². The van der Waals surface area contributed by atoms with Crippen molar-refractivity contribution in [1.82, 2.24) is 25.1 Å². The van der Waals surface area contributed by atoms with Gasteiger partial charge in [-0.3, -0.25) is 15.1 Å². The molecule has 1 aliphatic rings. The predicted octanol–water partition coefficient (Wildman–Crippen LogP) is 5.88. The average molecular weight is 409 g/mol. The summed E-state index contributed by atoms with van der Waals surface area (Å²) in [5.41, 5.74) is 5.67. The van der Waals surface area contributed by atoms with E-state index in [9.17, 15) is 0 Å². The number of nitrogens with one attached hydrogen (secondary N) is 2. The number of aromatic amines is 2. The lowest BCUT2D eigenvalue weighted by molar-refractivity contribution is 0.154. The van der Waals surface area contributed by atoms with Crippen LogP contribution in [0.1, 0.15) is 32.1 Å². The molecule has 154 valence electrons. The third-order valence-electron chi connectivity index (χ3n) is 6.10. The quantitative estimate of drug-likeness (QED) is 0.388. The molecule has 2 N–H and O–H groups in total. The van der Waals surface area contributed by atoms with Gasteiger partial charge in [0.1, 0.15) is 11.4 Å². The number of pyridine rings is 2. The van der Waals surface area contributed by atoms with Crippen LogP contribution in [-0.4, -0.2) is 31.3 Å². The smallest absolute Gasteiger partial charge is 0.138 e. The van der Waals surface area contributed by atoms with Crippen LogP contribution in [0.3, 0.4) is 0 Å². The van der Waals surface area contributed by atoms with Crippen molar-refractivity contribution in [2.75, 3.05) is 0 Å². The molecule has 1 saturated carbocycles. The molecular weight excluding hydrogens is 386 g/mol. The molecule has 0 atom stereocenters. The van der Waals surface area contributed by atoms with E-state index in [4.69, 9.17) is 4.74 Å². The first-order valence-corrected chi connectivity index (χ1v) is 10.9. The van der Waals surface area contributed by atoms with Gasteiger partial charge in [-0.15, -0.1) is 0 Å². The lowest BCUT2D eigenvalue weighted by Gasteiger charge is -2.22. The highest BCUT2D eigenvalue weighted by molar-refractivity contribution is 5.96. The van der Waals surface area contributed by atoms with E-state index in [1.54, 1.807) is 6.20 Å². The summed E-state index contributed by atoms with van der Waals surface area (Å²) >= 11 is 0. The fourth-order valence-electron chi connectivity index (χ4n) is 4.48. The number of nitrogens with zero attached hydrogens (tertiary/aromatic N) is 3. The number of hydrogen-bond acceptors (Lipinski definition) is 4. The van der Waals surface area contributed by atoms with Crippen molar-refractivity contribution < 1.29 is 4.74 Å². The molecule has 5 aromatic rings. The third-order valence-corrected chi connectivity index (χ3v) is 6.10. The van der Waals surface area contributed by atoms with E-state index in [-0.39, 0.29) is 0 Å². The standard InChI is InChI=1S/C25H23N5O/c1-2-7-18(8-3-1)31-19-10-17(13-26-14-19)22-12-20-24(15-27-22)29-30-25(20)23-11-16-6-4-5-9-21(16)28-23/h4-6,9-15,18,28H,1-3,7-8H2,(H,29,30). The second kappa shape index (κ2) is 7.54. The average Bonchev–Trinajstić information content (AvgIpc) is 3.43. The lowest BCUT2D eigenvalue weighted by atomic mass is 9.98. The van der Waals surface area contributed by atoms with Gasteiger partial charge in [0.05, 0.1) is 35.4 Å². The molecule has 6 rings (SSSR count). The Kier molecular flexibility index (Phi) is 4.41. The van der Waals surface area contributed by atoms with Gasteiger partial charge in [-0.05, 0) is 49.9 Å². The largest absolute Gasteiger partial charge is 0.489 e. The Labute approximate surface area is 179 Å². The minimum atomic E-state index is 0.295. The van der Waals surface area contributed by atoms with Gasteiger partial charge in [-0.25, -0.2) is 0 Å². The van der Waals surface area contributed by atoms with E-state index in [1.165, 1.54) is 24.6 Å². The molecule has 6 nitrogen and oxygen atoms in total. The number of ether oxygens (including phenoxy) is 1. The maximum absolute atomic E-state index is 6.20. The molecule has 31 heavy (non-hydrogen) atoms. The van der Waals surface area contributed by atoms with Crippen LogP contribution in [-0.2, 0) is 0 Å². The van der Waals surface area contributed by atoms with Gasteiger partial charge >= 0.3 is 0 Å². The number of hydrogen-bond donors (Lipinski definition) is 2. The summed E-state index contributed by atoms with van der Waals surface area (Å²) in [5, 5.41) is 9.85. The zero-order valence-electron chi connectivity index (χ0n) is 17.1. The topological polar surface area (TPSA) is 79.5 Å². The Bertz CT molecular complexity index is 1330. The molecule has 4 aromatic heterocycles. The Morgan fingerprint density at radius 1 is 0.903 bits per heavy atom.